The predicted molar refractivity (Wildman–Crippen MR) is 109 cm³/mol. The van der Waals surface area contributed by atoms with Gasteiger partial charge in [0.25, 0.3) is 0 Å². The lowest BCUT2D eigenvalue weighted by atomic mass is 9.77. The molecule has 0 N–H and O–H groups in total. The van der Waals surface area contributed by atoms with Crippen molar-refractivity contribution in [3.63, 3.8) is 0 Å². The zero-order valence-corrected chi connectivity index (χ0v) is 15.6. The predicted octanol–water partition coefficient (Wildman–Crippen LogP) is 6.76. The van der Waals surface area contributed by atoms with E-state index in [2.05, 4.69) is 78.9 Å². The van der Waals surface area contributed by atoms with Crippen LogP contribution in [0.25, 0.3) is 0 Å². The lowest BCUT2D eigenvalue weighted by molar-refractivity contribution is 0.286. The topological polar surface area (TPSA) is 0 Å². The number of hydrogen-bond donors (Lipinski definition) is 0. The Bertz CT molecular complexity index is 684. The third-order valence-electron chi connectivity index (χ3n) is 5.55. The Hall–Kier alpha value is -1.73. The summed E-state index contributed by atoms with van der Waals surface area (Å²) in [6.07, 6.45) is 15.9. The smallest absolute Gasteiger partial charge is 0.0758 e. The average molecular weight is 348 g/mol. The maximum absolute atomic E-state index is 2.53. The van der Waals surface area contributed by atoms with Gasteiger partial charge in [-0.2, -0.15) is 0 Å². The Morgan fingerprint density at radius 2 is 1.32 bits per heavy atom. The summed E-state index contributed by atoms with van der Waals surface area (Å²) >= 11 is 0. The summed E-state index contributed by atoms with van der Waals surface area (Å²) in [6.45, 7) is 0. The first-order valence-electron chi connectivity index (χ1n) is 9.64. The van der Waals surface area contributed by atoms with Crippen molar-refractivity contribution in [2.75, 3.05) is 0 Å². The first-order valence-corrected chi connectivity index (χ1v) is 10.9. The first kappa shape index (κ1) is 16.7. The molecule has 1 fully saturated rings. The van der Waals surface area contributed by atoms with Crippen LogP contribution >= 0.6 is 0 Å². The van der Waals surface area contributed by atoms with Gasteiger partial charge in [0.05, 0.1) is 10.9 Å². The molecule has 2 aromatic rings. The molecule has 0 aromatic heterocycles. The summed E-state index contributed by atoms with van der Waals surface area (Å²) in [4.78, 5) is 4.32. The van der Waals surface area contributed by atoms with Gasteiger partial charge in [-0.1, -0.05) is 61.7 Å². The number of rotatable bonds is 4. The second-order valence-electron chi connectivity index (χ2n) is 7.20. The van der Waals surface area contributed by atoms with Crippen molar-refractivity contribution in [2.45, 2.75) is 48.3 Å². The van der Waals surface area contributed by atoms with E-state index >= 15 is 0 Å². The molecule has 1 unspecified atom stereocenters. The minimum atomic E-state index is 0.0168. The van der Waals surface area contributed by atoms with Gasteiger partial charge in [-0.15, -0.1) is 0 Å². The Morgan fingerprint density at radius 1 is 0.720 bits per heavy atom. The highest BCUT2D eigenvalue weighted by atomic mass is 32.2. The fourth-order valence-electron chi connectivity index (χ4n) is 4.20. The van der Waals surface area contributed by atoms with Crippen molar-refractivity contribution in [1.29, 1.82) is 0 Å². The summed E-state index contributed by atoms with van der Waals surface area (Å²) in [7, 11) is 0.0168. The van der Waals surface area contributed by atoms with Gasteiger partial charge in [0.1, 0.15) is 0 Å². The first-order chi connectivity index (χ1) is 12.4. The number of benzene rings is 2. The SMILES string of the molecule is C1=CC(C2CCCCC2)CC=C1[S+](c1ccccc1)c1ccccc1. The maximum atomic E-state index is 2.53. The van der Waals surface area contributed by atoms with E-state index in [1.807, 2.05) is 0 Å². The van der Waals surface area contributed by atoms with Gasteiger partial charge >= 0.3 is 0 Å². The summed E-state index contributed by atoms with van der Waals surface area (Å²) in [5, 5.41) is 0. The van der Waals surface area contributed by atoms with Crippen LogP contribution in [0, 0.1) is 11.8 Å². The van der Waals surface area contributed by atoms with E-state index in [0.717, 1.165) is 11.8 Å². The molecule has 1 atom stereocenters. The van der Waals surface area contributed by atoms with Crippen LogP contribution in [0.3, 0.4) is 0 Å². The average Bonchev–Trinajstić information content (AvgIpc) is 2.71. The Balaban J connectivity index is 1.59. The van der Waals surface area contributed by atoms with E-state index in [9.17, 15) is 0 Å². The van der Waals surface area contributed by atoms with E-state index in [1.54, 1.807) is 0 Å². The molecule has 0 nitrogen and oxygen atoms in total. The lowest BCUT2D eigenvalue weighted by Crippen LogP contribution is -2.18. The van der Waals surface area contributed by atoms with Crippen molar-refractivity contribution in [3.8, 4) is 0 Å². The highest BCUT2D eigenvalue weighted by molar-refractivity contribution is 8.00. The molecular formula is C24H27S+. The molecule has 0 heterocycles. The van der Waals surface area contributed by atoms with E-state index in [0.29, 0.717) is 0 Å². The maximum Gasteiger partial charge on any atom is 0.166 e. The van der Waals surface area contributed by atoms with Crippen LogP contribution in [0.15, 0.2) is 93.6 Å². The molecule has 0 spiro atoms. The molecule has 25 heavy (non-hydrogen) atoms. The summed E-state index contributed by atoms with van der Waals surface area (Å²) in [5.74, 6) is 1.68. The molecule has 2 aromatic carbocycles. The van der Waals surface area contributed by atoms with E-state index in [4.69, 9.17) is 0 Å². The van der Waals surface area contributed by atoms with Crippen LogP contribution < -0.4 is 0 Å². The second-order valence-corrected chi connectivity index (χ2v) is 9.22. The zero-order chi connectivity index (χ0) is 16.9. The van der Waals surface area contributed by atoms with Crippen LogP contribution in [0.2, 0.25) is 0 Å². The van der Waals surface area contributed by atoms with Crippen LogP contribution in [-0.4, -0.2) is 0 Å². The van der Waals surface area contributed by atoms with Gasteiger partial charge in [0, 0.05) is 0 Å². The van der Waals surface area contributed by atoms with E-state index < -0.39 is 0 Å². The van der Waals surface area contributed by atoms with Crippen molar-refractivity contribution in [2.24, 2.45) is 11.8 Å². The van der Waals surface area contributed by atoms with Gasteiger partial charge in [-0.25, -0.2) is 0 Å². The lowest BCUT2D eigenvalue weighted by Gasteiger charge is -2.29. The standard InChI is InChI=1S/C24H27S/c1-4-10-20(11-5-1)21-16-18-24(19-17-21)25(22-12-6-2-7-13-22)23-14-8-3-9-15-23/h2-3,6-9,12-16,18-21H,1,4-5,10-11,17H2/q+1. The third-order valence-corrected chi connectivity index (χ3v) is 7.81. The number of allylic oxidation sites excluding steroid dienone is 3. The molecule has 128 valence electrons. The van der Waals surface area contributed by atoms with Gasteiger partial charge < -0.3 is 0 Å². The van der Waals surface area contributed by atoms with Gasteiger partial charge in [-0.05, 0) is 67.5 Å². The van der Waals surface area contributed by atoms with Crippen LogP contribution in [-0.2, 0) is 10.9 Å². The Morgan fingerprint density at radius 3 is 1.84 bits per heavy atom. The molecule has 2 aliphatic rings. The van der Waals surface area contributed by atoms with Gasteiger partial charge in [-0.3, -0.25) is 0 Å². The molecule has 2 aliphatic carbocycles. The molecule has 0 saturated heterocycles. The quantitative estimate of drug-likeness (QED) is 0.536. The van der Waals surface area contributed by atoms with E-state index in [-0.39, 0.29) is 10.9 Å². The minimum absolute atomic E-state index is 0.0168. The van der Waals surface area contributed by atoms with Crippen LogP contribution in [0.5, 0.6) is 0 Å². The normalized spacial score (nSPS) is 21.3. The van der Waals surface area contributed by atoms with E-state index in [1.165, 1.54) is 53.2 Å². The second kappa shape index (κ2) is 8.10. The molecule has 1 heteroatoms. The fraction of sp³-hybridized carbons (Fsp3) is 0.333. The molecule has 0 bridgehead atoms. The fourth-order valence-corrected chi connectivity index (χ4v) is 6.35. The summed E-state index contributed by atoms with van der Waals surface area (Å²) in [5.41, 5.74) is 0. The van der Waals surface area contributed by atoms with Crippen molar-refractivity contribution >= 4 is 10.9 Å². The summed E-state index contributed by atoms with van der Waals surface area (Å²) in [6, 6.07) is 22.0. The van der Waals surface area contributed by atoms with Gasteiger partial charge in [0.15, 0.2) is 14.7 Å². The minimum Gasteiger partial charge on any atom is -0.0758 e. The van der Waals surface area contributed by atoms with Crippen molar-refractivity contribution in [1.82, 2.24) is 0 Å². The van der Waals surface area contributed by atoms with Crippen LogP contribution in [0.4, 0.5) is 0 Å². The third kappa shape index (κ3) is 3.93. The molecule has 0 amide bonds. The molecule has 0 radical (unpaired) electrons. The Labute approximate surface area is 155 Å². The number of hydrogen-bond acceptors (Lipinski definition) is 0. The molecular weight excluding hydrogens is 320 g/mol. The highest BCUT2D eigenvalue weighted by Gasteiger charge is 2.32. The largest absolute Gasteiger partial charge is 0.166 e. The Kier molecular flexibility index (Phi) is 5.42. The monoisotopic (exact) mass is 347 g/mol. The van der Waals surface area contributed by atoms with Crippen molar-refractivity contribution in [3.05, 3.63) is 83.8 Å². The highest BCUT2D eigenvalue weighted by Crippen LogP contribution is 2.38. The van der Waals surface area contributed by atoms with Gasteiger partial charge in [0.2, 0.25) is 0 Å². The van der Waals surface area contributed by atoms with Crippen molar-refractivity contribution < 1.29 is 0 Å². The van der Waals surface area contributed by atoms with Crippen LogP contribution in [0.1, 0.15) is 38.5 Å². The zero-order valence-electron chi connectivity index (χ0n) is 14.8. The molecule has 1 saturated carbocycles. The summed E-state index contributed by atoms with van der Waals surface area (Å²) < 4.78 is 0. The molecule has 4 rings (SSSR count). The molecule has 0 aliphatic heterocycles.